The Labute approximate surface area is 239 Å². The number of nitrogens with zero attached hydrogens (tertiary/aromatic N) is 3. The van der Waals surface area contributed by atoms with Gasteiger partial charge in [0.1, 0.15) is 17.4 Å². The Morgan fingerprint density at radius 2 is 1.76 bits per heavy atom. The van der Waals surface area contributed by atoms with E-state index in [-0.39, 0.29) is 11.7 Å². The van der Waals surface area contributed by atoms with Crippen LogP contribution >= 0.6 is 0 Å². The van der Waals surface area contributed by atoms with Crippen molar-refractivity contribution in [3.05, 3.63) is 89.2 Å². The van der Waals surface area contributed by atoms with E-state index in [4.69, 9.17) is 23.9 Å². The molecule has 214 valence electrons. The quantitative estimate of drug-likeness (QED) is 0.267. The maximum Gasteiger partial charge on any atom is 0.258 e. The first-order valence-corrected chi connectivity index (χ1v) is 13.6. The molecule has 41 heavy (non-hydrogen) atoms. The molecule has 0 bridgehead atoms. The van der Waals surface area contributed by atoms with Crippen molar-refractivity contribution in [2.24, 2.45) is 0 Å². The topological polar surface area (TPSA) is 73.4 Å². The molecular weight excluding hydrogens is 525 g/mol. The van der Waals surface area contributed by atoms with Crippen molar-refractivity contribution in [1.29, 1.82) is 0 Å². The number of morpholine rings is 1. The van der Waals surface area contributed by atoms with Gasteiger partial charge in [0, 0.05) is 43.2 Å². The fourth-order valence-electron chi connectivity index (χ4n) is 5.07. The summed E-state index contributed by atoms with van der Waals surface area (Å²) in [4.78, 5) is 23.2. The smallest absolute Gasteiger partial charge is 0.258 e. The van der Waals surface area contributed by atoms with Crippen LogP contribution in [-0.2, 0) is 17.7 Å². The number of anilines is 1. The lowest BCUT2D eigenvalue weighted by Crippen LogP contribution is -2.38. The monoisotopic (exact) mass is 559 g/mol. The van der Waals surface area contributed by atoms with Crippen molar-refractivity contribution < 1.29 is 28.1 Å². The van der Waals surface area contributed by atoms with Crippen LogP contribution in [0.3, 0.4) is 0 Å². The number of ether oxygens (including phenoxy) is 4. The summed E-state index contributed by atoms with van der Waals surface area (Å²) >= 11 is 0. The third-order valence-electron chi connectivity index (χ3n) is 7.26. The fraction of sp³-hybridized carbons (Fsp3) is 0.312. The fourth-order valence-corrected chi connectivity index (χ4v) is 5.07. The zero-order chi connectivity index (χ0) is 28.8. The van der Waals surface area contributed by atoms with Crippen molar-refractivity contribution in [3.63, 3.8) is 0 Å². The first-order valence-electron chi connectivity index (χ1n) is 13.6. The van der Waals surface area contributed by atoms with Gasteiger partial charge in [0.25, 0.3) is 5.91 Å². The summed E-state index contributed by atoms with van der Waals surface area (Å²) in [6.07, 6.45) is 0.545. The standard InChI is InChI=1S/C32H34FN3O5/c1-38-26-12-9-23-19-24(31(34-28(23)20-26)35-15-17-41-18-16-35)21-36(14-13-22-7-10-25(33)11-8-22)32(37)27-5-4-6-29(39-2)30(27)40-3/h4-12,19-20H,13-18,21H2,1-3H3. The molecule has 1 saturated heterocycles. The molecule has 4 aromatic rings. The minimum absolute atomic E-state index is 0.203. The lowest BCUT2D eigenvalue weighted by Gasteiger charge is -2.31. The number of carbonyl (C=O) groups excluding carboxylic acids is 1. The average molecular weight is 560 g/mol. The predicted molar refractivity (Wildman–Crippen MR) is 156 cm³/mol. The Morgan fingerprint density at radius 3 is 2.46 bits per heavy atom. The molecule has 0 aliphatic carbocycles. The van der Waals surface area contributed by atoms with E-state index in [1.165, 1.54) is 19.2 Å². The number of pyridine rings is 1. The summed E-state index contributed by atoms with van der Waals surface area (Å²) in [6.45, 7) is 3.30. The number of hydrogen-bond acceptors (Lipinski definition) is 7. The van der Waals surface area contributed by atoms with Crippen LogP contribution in [0.4, 0.5) is 10.2 Å². The van der Waals surface area contributed by atoms with Crippen LogP contribution in [0.5, 0.6) is 17.2 Å². The highest BCUT2D eigenvalue weighted by Crippen LogP contribution is 2.33. The van der Waals surface area contributed by atoms with Gasteiger partial charge in [0.2, 0.25) is 0 Å². The molecule has 0 spiro atoms. The van der Waals surface area contributed by atoms with E-state index in [1.54, 1.807) is 49.5 Å². The van der Waals surface area contributed by atoms with E-state index < -0.39 is 0 Å². The molecule has 1 fully saturated rings. The number of hydrogen-bond donors (Lipinski definition) is 0. The van der Waals surface area contributed by atoms with E-state index in [0.717, 1.165) is 33.6 Å². The molecule has 5 rings (SSSR count). The van der Waals surface area contributed by atoms with Gasteiger partial charge in [-0.05, 0) is 54.4 Å². The first kappa shape index (κ1) is 28.2. The average Bonchev–Trinajstić information content (AvgIpc) is 3.02. The number of aromatic nitrogens is 1. The van der Waals surface area contributed by atoms with Crippen LogP contribution in [0.2, 0.25) is 0 Å². The highest BCUT2D eigenvalue weighted by Gasteiger charge is 2.25. The molecule has 1 aliphatic rings. The lowest BCUT2D eigenvalue weighted by molar-refractivity contribution is 0.0740. The summed E-state index contributed by atoms with van der Waals surface area (Å²) in [7, 11) is 4.70. The van der Waals surface area contributed by atoms with Gasteiger partial charge < -0.3 is 28.7 Å². The summed E-state index contributed by atoms with van der Waals surface area (Å²) in [5.74, 6) is 1.90. The number of rotatable bonds is 10. The second-order valence-electron chi connectivity index (χ2n) is 9.77. The number of benzene rings is 3. The normalized spacial score (nSPS) is 13.2. The molecule has 0 atom stereocenters. The number of amides is 1. The Bertz CT molecular complexity index is 1510. The van der Waals surface area contributed by atoms with Gasteiger partial charge in [-0.15, -0.1) is 0 Å². The lowest BCUT2D eigenvalue weighted by atomic mass is 10.1. The summed E-state index contributed by atoms with van der Waals surface area (Å²) in [6, 6.07) is 19.5. The zero-order valence-corrected chi connectivity index (χ0v) is 23.6. The van der Waals surface area contributed by atoms with E-state index in [1.807, 2.05) is 18.2 Å². The van der Waals surface area contributed by atoms with Gasteiger partial charge in [-0.2, -0.15) is 0 Å². The van der Waals surface area contributed by atoms with Gasteiger partial charge in [-0.1, -0.05) is 18.2 Å². The van der Waals surface area contributed by atoms with Crippen molar-refractivity contribution >= 4 is 22.6 Å². The molecule has 0 N–H and O–H groups in total. The van der Waals surface area contributed by atoms with Gasteiger partial charge >= 0.3 is 0 Å². The Kier molecular flexibility index (Phi) is 8.84. The minimum Gasteiger partial charge on any atom is -0.497 e. The van der Waals surface area contributed by atoms with Gasteiger partial charge in [-0.25, -0.2) is 9.37 Å². The van der Waals surface area contributed by atoms with E-state index in [2.05, 4.69) is 11.0 Å². The number of carbonyl (C=O) groups is 1. The number of halogens is 1. The van der Waals surface area contributed by atoms with Gasteiger partial charge in [0.15, 0.2) is 11.5 Å². The third kappa shape index (κ3) is 6.36. The van der Waals surface area contributed by atoms with Crippen molar-refractivity contribution in [3.8, 4) is 17.2 Å². The Balaban J connectivity index is 1.55. The van der Waals surface area contributed by atoms with Crippen LogP contribution in [0.25, 0.3) is 10.9 Å². The van der Waals surface area contributed by atoms with Crippen molar-refractivity contribution in [1.82, 2.24) is 9.88 Å². The maximum atomic E-state index is 14.2. The molecule has 0 saturated carbocycles. The number of para-hydroxylation sites is 1. The van der Waals surface area contributed by atoms with Crippen molar-refractivity contribution in [2.75, 3.05) is 59.1 Å². The highest BCUT2D eigenvalue weighted by molar-refractivity contribution is 5.98. The van der Waals surface area contributed by atoms with E-state index in [9.17, 15) is 9.18 Å². The molecule has 0 radical (unpaired) electrons. The molecule has 3 aromatic carbocycles. The minimum atomic E-state index is -0.295. The molecule has 1 amide bonds. The molecule has 9 heteroatoms. The highest BCUT2D eigenvalue weighted by atomic mass is 19.1. The molecular formula is C32H34FN3O5. The second kappa shape index (κ2) is 12.9. The zero-order valence-electron chi connectivity index (χ0n) is 23.6. The van der Waals surface area contributed by atoms with Crippen LogP contribution in [0.15, 0.2) is 66.7 Å². The van der Waals surface area contributed by atoms with Crippen molar-refractivity contribution in [2.45, 2.75) is 13.0 Å². The third-order valence-corrected chi connectivity index (χ3v) is 7.26. The molecule has 2 heterocycles. The largest absolute Gasteiger partial charge is 0.497 e. The molecule has 1 aromatic heterocycles. The summed E-state index contributed by atoms with van der Waals surface area (Å²) < 4.78 is 35.7. The van der Waals surface area contributed by atoms with Gasteiger partial charge in [-0.3, -0.25) is 4.79 Å². The maximum absolute atomic E-state index is 14.2. The van der Waals surface area contributed by atoms with Gasteiger partial charge in [0.05, 0.1) is 45.6 Å². The van der Waals surface area contributed by atoms with Crippen LogP contribution in [0, 0.1) is 5.82 Å². The number of fused-ring (bicyclic) bond motifs is 1. The van der Waals surface area contributed by atoms with E-state index >= 15 is 0 Å². The summed E-state index contributed by atoms with van der Waals surface area (Å²) in [5, 5.41) is 0.947. The Hall–Kier alpha value is -4.37. The van der Waals surface area contributed by atoms with Crippen LogP contribution in [-0.4, -0.2) is 70.0 Å². The molecule has 0 unspecified atom stereocenters. The number of methoxy groups -OCH3 is 3. The molecule has 8 nitrogen and oxygen atoms in total. The van der Waals surface area contributed by atoms with Crippen LogP contribution < -0.4 is 19.1 Å². The Morgan fingerprint density at radius 1 is 0.976 bits per heavy atom. The SMILES string of the molecule is COc1ccc2cc(CN(CCc3ccc(F)cc3)C(=O)c3cccc(OC)c3OC)c(N3CCOCC3)nc2c1. The predicted octanol–water partition coefficient (Wildman–Crippen LogP) is 5.12. The second-order valence-corrected chi connectivity index (χ2v) is 9.77. The molecule has 1 aliphatic heterocycles. The first-order chi connectivity index (χ1) is 20.0. The van der Waals surface area contributed by atoms with E-state index in [0.29, 0.717) is 62.9 Å². The van der Waals surface area contributed by atoms with Crippen LogP contribution in [0.1, 0.15) is 21.5 Å². The summed E-state index contributed by atoms with van der Waals surface area (Å²) in [5.41, 5.74) is 3.06.